The van der Waals surface area contributed by atoms with E-state index in [2.05, 4.69) is 16.0 Å². The summed E-state index contributed by atoms with van der Waals surface area (Å²) in [5.41, 5.74) is 0.447. The van der Waals surface area contributed by atoms with Crippen molar-refractivity contribution in [1.82, 2.24) is 15.5 Å². The zero-order valence-electron chi connectivity index (χ0n) is 17.1. The van der Waals surface area contributed by atoms with Crippen LogP contribution >= 0.6 is 11.6 Å². The van der Waals surface area contributed by atoms with Gasteiger partial charge in [-0.15, -0.1) is 0 Å². The summed E-state index contributed by atoms with van der Waals surface area (Å²) in [6.07, 6.45) is 5.23. The predicted octanol–water partition coefficient (Wildman–Crippen LogP) is 2.77. The molecule has 2 rings (SSSR count). The lowest BCUT2D eigenvalue weighted by molar-refractivity contribution is -0.125. The number of methoxy groups -OCH3 is 1. The average Bonchev–Trinajstić information content (AvgIpc) is 2.68. The van der Waals surface area contributed by atoms with Crippen LogP contribution in [0.2, 0.25) is 5.02 Å². The van der Waals surface area contributed by atoms with Crippen molar-refractivity contribution < 1.29 is 19.1 Å². The largest absolute Gasteiger partial charge is 0.495 e. The van der Waals surface area contributed by atoms with Gasteiger partial charge in [-0.3, -0.25) is 19.8 Å². The topological polar surface area (TPSA) is 99.8 Å². The molecular weight excluding hydrogens is 396 g/mol. The monoisotopic (exact) mass is 424 g/mol. The van der Waals surface area contributed by atoms with Gasteiger partial charge in [-0.1, -0.05) is 30.9 Å². The minimum absolute atomic E-state index is 0.0471. The van der Waals surface area contributed by atoms with E-state index < -0.39 is 18.0 Å². The molecule has 9 heteroatoms. The first-order valence-corrected chi connectivity index (χ1v) is 10.1. The number of anilines is 1. The minimum Gasteiger partial charge on any atom is -0.495 e. The minimum atomic E-state index is -0.667. The van der Waals surface area contributed by atoms with Gasteiger partial charge in [0.1, 0.15) is 5.75 Å². The lowest BCUT2D eigenvalue weighted by atomic mass is 9.96. The summed E-state index contributed by atoms with van der Waals surface area (Å²) < 4.78 is 5.20. The summed E-state index contributed by atoms with van der Waals surface area (Å²) in [4.78, 5) is 38.3. The van der Waals surface area contributed by atoms with Crippen molar-refractivity contribution in [2.45, 2.75) is 51.1 Å². The van der Waals surface area contributed by atoms with E-state index in [0.29, 0.717) is 16.5 Å². The molecule has 1 aliphatic carbocycles. The maximum absolute atomic E-state index is 12.4. The number of urea groups is 1. The number of halogens is 1. The third-order valence-electron chi connectivity index (χ3n) is 5.05. The van der Waals surface area contributed by atoms with Gasteiger partial charge in [-0.05, 0) is 45.0 Å². The van der Waals surface area contributed by atoms with Crippen molar-refractivity contribution in [3.05, 3.63) is 23.2 Å². The molecule has 8 nitrogen and oxygen atoms in total. The zero-order valence-corrected chi connectivity index (χ0v) is 17.8. The molecule has 1 atom stereocenters. The van der Waals surface area contributed by atoms with Crippen LogP contribution in [0.3, 0.4) is 0 Å². The van der Waals surface area contributed by atoms with Crippen molar-refractivity contribution in [1.29, 1.82) is 0 Å². The molecule has 160 valence electrons. The molecule has 1 saturated carbocycles. The van der Waals surface area contributed by atoms with Gasteiger partial charge >= 0.3 is 6.03 Å². The second-order valence-corrected chi connectivity index (χ2v) is 7.72. The predicted molar refractivity (Wildman–Crippen MR) is 112 cm³/mol. The second kappa shape index (κ2) is 11.0. The lowest BCUT2D eigenvalue weighted by Gasteiger charge is -2.25. The number of hydrogen-bond donors (Lipinski definition) is 3. The van der Waals surface area contributed by atoms with Crippen LogP contribution in [0.25, 0.3) is 0 Å². The van der Waals surface area contributed by atoms with Gasteiger partial charge in [0.05, 0.1) is 25.4 Å². The Hall–Kier alpha value is -2.32. The van der Waals surface area contributed by atoms with Crippen molar-refractivity contribution >= 4 is 35.1 Å². The van der Waals surface area contributed by atoms with Gasteiger partial charge in [0.2, 0.25) is 11.8 Å². The number of ether oxygens (including phenoxy) is 1. The summed E-state index contributed by atoms with van der Waals surface area (Å²) >= 11 is 5.97. The van der Waals surface area contributed by atoms with Gasteiger partial charge in [-0.25, -0.2) is 4.79 Å². The summed E-state index contributed by atoms with van der Waals surface area (Å²) in [5, 5.41) is 8.38. The number of carbonyl (C=O) groups is 3. The molecule has 4 amide bonds. The number of imide groups is 1. The molecule has 0 saturated heterocycles. The average molecular weight is 425 g/mol. The van der Waals surface area contributed by atoms with Gasteiger partial charge in [0.25, 0.3) is 0 Å². The number of benzene rings is 1. The van der Waals surface area contributed by atoms with Crippen LogP contribution < -0.4 is 20.7 Å². The van der Waals surface area contributed by atoms with Crippen molar-refractivity contribution in [3.63, 3.8) is 0 Å². The molecule has 1 aliphatic rings. The third-order valence-corrected chi connectivity index (χ3v) is 5.28. The Kier molecular flexibility index (Phi) is 8.72. The van der Waals surface area contributed by atoms with Crippen molar-refractivity contribution in [2.24, 2.45) is 0 Å². The lowest BCUT2D eigenvalue weighted by Crippen LogP contribution is -2.51. The number of carbonyl (C=O) groups excluding carboxylic acids is 3. The smallest absolute Gasteiger partial charge is 0.321 e. The Morgan fingerprint density at radius 2 is 1.93 bits per heavy atom. The first-order chi connectivity index (χ1) is 13.8. The fourth-order valence-electron chi connectivity index (χ4n) is 3.22. The molecule has 0 unspecified atom stereocenters. The summed E-state index contributed by atoms with van der Waals surface area (Å²) in [6.45, 7) is 1.59. The molecular formula is C20H29ClN4O4. The summed E-state index contributed by atoms with van der Waals surface area (Å²) in [7, 11) is 3.13. The zero-order chi connectivity index (χ0) is 21.4. The number of nitrogens with zero attached hydrogens (tertiary/aromatic N) is 1. The number of nitrogens with one attached hydrogen (secondary N) is 3. The molecule has 0 spiro atoms. The molecule has 3 N–H and O–H groups in total. The number of rotatable bonds is 7. The van der Waals surface area contributed by atoms with Crippen LogP contribution in [0.1, 0.15) is 39.0 Å². The Morgan fingerprint density at radius 1 is 1.24 bits per heavy atom. The first-order valence-electron chi connectivity index (χ1n) is 9.75. The molecule has 0 aromatic heterocycles. The molecule has 0 radical (unpaired) electrons. The number of hydrogen-bond acceptors (Lipinski definition) is 5. The Balaban J connectivity index is 1.83. The fraction of sp³-hybridized carbons (Fsp3) is 0.550. The van der Waals surface area contributed by atoms with Crippen molar-refractivity contribution in [2.75, 3.05) is 26.0 Å². The normalized spacial score (nSPS) is 15.5. The van der Waals surface area contributed by atoms with Gasteiger partial charge in [-0.2, -0.15) is 0 Å². The van der Waals surface area contributed by atoms with E-state index in [1.165, 1.54) is 13.5 Å². The van der Waals surface area contributed by atoms with Gasteiger partial charge in [0, 0.05) is 11.1 Å². The van der Waals surface area contributed by atoms with Crippen LogP contribution in [-0.2, 0) is 9.59 Å². The standard InChI is InChI=1S/C20H29ClN4O4/c1-13(19(27)24-20(28)22-15-7-5-4-6-8-15)25(2)12-18(26)23-16-11-14(21)9-10-17(16)29-3/h9-11,13,15H,4-8,12H2,1-3H3,(H,23,26)(H2,22,24,27,28)/t13-/m1/s1. The second-order valence-electron chi connectivity index (χ2n) is 7.28. The highest BCUT2D eigenvalue weighted by Crippen LogP contribution is 2.27. The Labute approximate surface area is 176 Å². The van der Waals surface area contributed by atoms with E-state index >= 15 is 0 Å². The molecule has 0 aliphatic heterocycles. The van der Waals surface area contributed by atoms with Crippen LogP contribution in [0.4, 0.5) is 10.5 Å². The summed E-state index contributed by atoms with van der Waals surface area (Å²) in [6, 6.07) is 3.86. The van der Waals surface area contributed by atoms with Crippen LogP contribution in [0.5, 0.6) is 5.75 Å². The number of likely N-dealkylation sites (N-methyl/N-ethyl adjacent to an activating group) is 1. The Bertz CT molecular complexity index is 737. The molecule has 1 fully saturated rings. The first kappa shape index (κ1) is 23.0. The van der Waals surface area contributed by atoms with E-state index in [1.54, 1.807) is 37.1 Å². The Morgan fingerprint density at radius 3 is 2.59 bits per heavy atom. The highest BCUT2D eigenvalue weighted by atomic mass is 35.5. The highest BCUT2D eigenvalue weighted by Gasteiger charge is 2.23. The van der Waals surface area contributed by atoms with Crippen LogP contribution in [0, 0.1) is 0 Å². The van der Waals surface area contributed by atoms with Gasteiger partial charge < -0.3 is 15.4 Å². The fourth-order valence-corrected chi connectivity index (χ4v) is 3.39. The molecule has 29 heavy (non-hydrogen) atoms. The van der Waals surface area contributed by atoms with Gasteiger partial charge in [0.15, 0.2) is 0 Å². The molecule has 1 aromatic rings. The summed E-state index contributed by atoms with van der Waals surface area (Å²) in [5.74, 6) is -0.316. The van der Waals surface area contributed by atoms with Crippen LogP contribution in [-0.4, -0.2) is 55.5 Å². The van der Waals surface area contributed by atoms with E-state index in [9.17, 15) is 14.4 Å². The molecule has 0 bridgehead atoms. The van der Waals surface area contributed by atoms with E-state index in [0.717, 1.165) is 25.7 Å². The third kappa shape index (κ3) is 7.21. The van der Waals surface area contributed by atoms with Crippen LogP contribution in [0.15, 0.2) is 18.2 Å². The maximum atomic E-state index is 12.4. The van der Waals surface area contributed by atoms with E-state index in [-0.39, 0.29) is 18.5 Å². The van der Waals surface area contributed by atoms with E-state index in [1.807, 2.05) is 0 Å². The SMILES string of the molecule is COc1ccc(Cl)cc1NC(=O)CN(C)[C@H](C)C(=O)NC(=O)NC1CCCCC1. The van der Waals surface area contributed by atoms with E-state index in [4.69, 9.17) is 16.3 Å². The molecule has 1 aromatic carbocycles. The van der Waals surface area contributed by atoms with Crippen molar-refractivity contribution in [3.8, 4) is 5.75 Å². The molecule has 0 heterocycles. The quantitative estimate of drug-likeness (QED) is 0.625. The maximum Gasteiger partial charge on any atom is 0.321 e. The number of amides is 4. The highest BCUT2D eigenvalue weighted by molar-refractivity contribution is 6.31.